The Morgan fingerprint density at radius 3 is 2.68 bits per heavy atom. The van der Waals surface area contributed by atoms with E-state index in [9.17, 15) is 0 Å². The molecule has 4 rings (SSSR count). The van der Waals surface area contributed by atoms with E-state index in [0.29, 0.717) is 0 Å². The van der Waals surface area contributed by atoms with Crippen molar-refractivity contribution in [3.8, 4) is 0 Å². The van der Waals surface area contributed by atoms with Crippen molar-refractivity contribution < 1.29 is 0 Å². The molecule has 0 amide bonds. The number of aryl methyl sites for hydroxylation is 1. The molecule has 0 N–H and O–H groups in total. The summed E-state index contributed by atoms with van der Waals surface area (Å²) < 4.78 is 2.19. The van der Waals surface area contributed by atoms with Crippen molar-refractivity contribution in [1.29, 1.82) is 0 Å². The minimum Gasteiger partial charge on any atom is -0.339 e. The van der Waals surface area contributed by atoms with Gasteiger partial charge in [0.05, 0.1) is 5.69 Å². The highest BCUT2D eigenvalue weighted by atomic mass is 32.2. The van der Waals surface area contributed by atoms with Gasteiger partial charge >= 0.3 is 0 Å². The molecule has 0 aliphatic carbocycles. The maximum atomic E-state index is 4.99. The lowest BCUT2D eigenvalue weighted by molar-refractivity contribution is 0.211. The van der Waals surface area contributed by atoms with Crippen LogP contribution in [0.25, 0.3) is 0 Å². The van der Waals surface area contributed by atoms with Gasteiger partial charge in [0.1, 0.15) is 0 Å². The summed E-state index contributed by atoms with van der Waals surface area (Å²) in [6, 6.07) is 8.30. The van der Waals surface area contributed by atoms with E-state index < -0.39 is 0 Å². The van der Waals surface area contributed by atoms with Crippen LogP contribution in [-0.2, 0) is 0 Å². The highest BCUT2D eigenvalue weighted by Gasteiger charge is 2.25. The van der Waals surface area contributed by atoms with Gasteiger partial charge in [-0.05, 0) is 37.9 Å². The first kappa shape index (κ1) is 13.8. The van der Waals surface area contributed by atoms with Gasteiger partial charge in [-0.2, -0.15) is 0 Å². The number of imidazole rings is 1. The van der Waals surface area contributed by atoms with Crippen LogP contribution in [0.1, 0.15) is 5.69 Å². The largest absolute Gasteiger partial charge is 0.339 e. The third kappa shape index (κ3) is 2.32. The maximum absolute atomic E-state index is 4.99. The van der Waals surface area contributed by atoms with Crippen LogP contribution in [0.3, 0.4) is 0 Å². The van der Waals surface area contributed by atoms with Gasteiger partial charge in [-0.1, -0.05) is 12.1 Å². The Morgan fingerprint density at radius 2 is 1.86 bits per heavy atom. The van der Waals surface area contributed by atoms with E-state index in [2.05, 4.69) is 51.5 Å². The van der Waals surface area contributed by atoms with Crippen LogP contribution in [0.4, 0.5) is 5.69 Å². The van der Waals surface area contributed by atoms with E-state index in [1.165, 1.54) is 4.90 Å². The number of benzene rings is 1. The molecule has 22 heavy (non-hydrogen) atoms. The van der Waals surface area contributed by atoms with Gasteiger partial charge in [-0.25, -0.2) is 9.98 Å². The first-order chi connectivity index (χ1) is 10.7. The van der Waals surface area contributed by atoms with Gasteiger partial charge in [-0.3, -0.25) is 4.57 Å². The topological polar surface area (TPSA) is 36.7 Å². The number of hydrogen-bond acceptors (Lipinski definition) is 5. The minimum absolute atomic E-state index is 0.999. The summed E-state index contributed by atoms with van der Waals surface area (Å²) in [6.07, 6.45) is 1.93. The molecular weight excluding hydrogens is 294 g/mol. The lowest BCUT2D eigenvalue weighted by Crippen LogP contribution is -2.49. The maximum Gasteiger partial charge on any atom is 0.212 e. The van der Waals surface area contributed by atoms with Crippen molar-refractivity contribution in [1.82, 2.24) is 19.4 Å². The summed E-state index contributed by atoms with van der Waals surface area (Å²) in [7, 11) is 2.17. The lowest BCUT2D eigenvalue weighted by Gasteiger charge is -2.34. The number of nitrogens with zero attached hydrogens (tertiary/aromatic N) is 5. The smallest absolute Gasteiger partial charge is 0.212 e. The number of piperazine rings is 1. The monoisotopic (exact) mass is 313 g/mol. The molecule has 0 unspecified atom stereocenters. The van der Waals surface area contributed by atoms with Crippen molar-refractivity contribution in [3.05, 3.63) is 36.2 Å². The van der Waals surface area contributed by atoms with E-state index in [1.807, 2.05) is 12.3 Å². The van der Waals surface area contributed by atoms with Gasteiger partial charge in [0, 0.05) is 43.0 Å². The van der Waals surface area contributed by atoms with Gasteiger partial charge in [0.2, 0.25) is 5.96 Å². The molecule has 0 spiro atoms. The van der Waals surface area contributed by atoms with Crippen LogP contribution in [0.2, 0.25) is 0 Å². The number of rotatable bonds is 0. The molecular formula is C16H19N5S. The van der Waals surface area contributed by atoms with Crippen LogP contribution in [0.15, 0.2) is 45.5 Å². The summed E-state index contributed by atoms with van der Waals surface area (Å²) in [5.41, 5.74) is 2.17. The van der Waals surface area contributed by atoms with Crippen molar-refractivity contribution in [2.24, 2.45) is 4.99 Å². The molecule has 2 aliphatic heterocycles. The van der Waals surface area contributed by atoms with Crippen molar-refractivity contribution >= 4 is 23.4 Å². The van der Waals surface area contributed by atoms with Crippen molar-refractivity contribution in [2.45, 2.75) is 17.0 Å². The number of aromatic nitrogens is 2. The zero-order valence-corrected chi connectivity index (χ0v) is 13.7. The Kier molecular flexibility index (Phi) is 3.43. The van der Waals surface area contributed by atoms with Gasteiger partial charge < -0.3 is 9.80 Å². The molecule has 5 nitrogen and oxygen atoms in total. The Morgan fingerprint density at radius 1 is 1.09 bits per heavy atom. The number of aliphatic imine (C=N–C) groups is 1. The van der Waals surface area contributed by atoms with E-state index in [0.717, 1.165) is 48.7 Å². The van der Waals surface area contributed by atoms with Crippen LogP contribution in [0.5, 0.6) is 0 Å². The first-order valence-corrected chi connectivity index (χ1v) is 8.38. The van der Waals surface area contributed by atoms with Crippen LogP contribution in [0, 0.1) is 6.92 Å². The number of fused-ring (bicyclic) bond motifs is 2. The van der Waals surface area contributed by atoms with Gasteiger partial charge in [-0.15, -0.1) is 0 Å². The van der Waals surface area contributed by atoms with E-state index in [-0.39, 0.29) is 0 Å². The molecule has 3 heterocycles. The predicted octanol–water partition coefficient (Wildman–Crippen LogP) is 2.44. The first-order valence-electron chi connectivity index (χ1n) is 7.56. The Labute approximate surface area is 134 Å². The number of likely N-dealkylation sites (N-methyl/N-ethyl adjacent to an activating group) is 1. The quantitative estimate of drug-likeness (QED) is 0.748. The molecule has 114 valence electrons. The average Bonchev–Trinajstić information content (AvgIpc) is 2.79. The van der Waals surface area contributed by atoms with Crippen LogP contribution < -0.4 is 0 Å². The molecule has 0 atom stereocenters. The van der Waals surface area contributed by atoms with Crippen molar-refractivity contribution in [3.63, 3.8) is 0 Å². The Hall–Kier alpha value is -1.79. The molecule has 2 aromatic rings. The summed E-state index contributed by atoms with van der Waals surface area (Å²) in [4.78, 5) is 15.5. The zero-order chi connectivity index (χ0) is 15.1. The second-order valence-corrected chi connectivity index (χ2v) is 6.80. The molecule has 0 saturated carbocycles. The third-order valence-corrected chi connectivity index (χ3v) is 5.21. The summed E-state index contributed by atoms with van der Waals surface area (Å²) >= 11 is 1.69. The predicted molar refractivity (Wildman–Crippen MR) is 89.1 cm³/mol. The molecule has 0 bridgehead atoms. The fourth-order valence-corrected chi connectivity index (χ4v) is 3.82. The fraction of sp³-hybridized carbons (Fsp3) is 0.375. The second kappa shape index (κ2) is 5.44. The second-order valence-electron chi connectivity index (χ2n) is 5.79. The van der Waals surface area contributed by atoms with Crippen LogP contribution in [-0.4, -0.2) is 58.5 Å². The highest BCUT2D eigenvalue weighted by molar-refractivity contribution is 7.99. The standard InChI is InChI=1S/C16H19N5S/c1-12-11-17-16-21(12)15(20-9-7-19(2)8-10-20)18-13-5-3-4-6-14(13)22-16/h3-6,11H,7-10H2,1-2H3. The summed E-state index contributed by atoms with van der Waals surface area (Å²) in [5, 5.41) is 1.00. The number of para-hydroxylation sites is 1. The third-order valence-electron chi connectivity index (χ3n) is 4.18. The van der Waals surface area contributed by atoms with Crippen LogP contribution >= 0.6 is 11.8 Å². The van der Waals surface area contributed by atoms with E-state index in [1.54, 1.807) is 11.8 Å². The molecule has 1 fully saturated rings. The number of hydrogen-bond donors (Lipinski definition) is 0. The van der Waals surface area contributed by atoms with Gasteiger partial charge in [0.15, 0.2) is 5.16 Å². The van der Waals surface area contributed by atoms with E-state index >= 15 is 0 Å². The lowest BCUT2D eigenvalue weighted by atomic mass is 10.3. The van der Waals surface area contributed by atoms with Crippen molar-refractivity contribution in [2.75, 3.05) is 33.2 Å². The molecule has 6 heteroatoms. The highest BCUT2D eigenvalue weighted by Crippen LogP contribution is 2.37. The molecule has 0 radical (unpaired) electrons. The minimum atomic E-state index is 0.999. The van der Waals surface area contributed by atoms with Gasteiger partial charge in [0.25, 0.3) is 0 Å². The SMILES string of the molecule is Cc1cnc2n1C(N1CCN(C)CC1)=Nc1ccccc1S2. The molecule has 1 saturated heterocycles. The molecule has 1 aromatic heterocycles. The normalized spacial score (nSPS) is 18.5. The molecule has 1 aromatic carbocycles. The summed E-state index contributed by atoms with van der Waals surface area (Å²) in [5.74, 6) is 1.01. The Balaban J connectivity index is 1.83. The Bertz CT molecular complexity index is 728. The summed E-state index contributed by atoms with van der Waals surface area (Å²) in [6.45, 7) is 6.23. The van der Waals surface area contributed by atoms with E-state index in [4.69, 9.17) is 4.99 Å². The zero-order valence-electron chi connectivity index (χ0n) is 12.9. The fourth-order valence-electron chi connectivity index (χ4n) is 2.84. The molecule has 2 aliphatic rings. The average molecular weight is 313 g/mol.